The van der Waals surface area contributed by atoms with Gasteiger partial charge in [0.15, 0.2) is 0 Å². The number of hydrogen-bond donors (Lipinski definition) is 6. The first-order valence-electron chi connectivity index (χ1n) is 13.3. The van der Waals surface area contributed by atoms with Gasteiger partial charge in [0.1, 0.15) is 0 Å². The molecule has 0 atom stereocenters. The summed E-state index contributed by atoms with van der Waals surface area (Å²) >= 11 is 0. The molecule has 6 nitrogen and oxygen atoms in total. The molecule has 6 N–H and O–H groups in total. The number of rotatable bonds is 7. The number of hydrogen-bond acceptors (Lipinski definition) is 6. The van der Waals surface area contributed by atoms with E-state index in [2.05, 4.69) is 57.2 Å². The van der Waals surface area contributed by atoms with Crippen LogP contribution in [-0.2, 0) is 39.5 Å². The fourth-order valence-corrected chi connectivity index (χ4v) is 4.06. The maximum atomic E-state index is 9.44. The van der Waals surface area contributed by atoms with E-state index in [9.17, 15) is 25.5 Å². The predicted molar refractivity (Wildman–Crippen MR) is 160 cm³/mol. The van der Waals surface area contributed by atoms with E-state index in [-0.39, 0.29) is 26.2 Å². The summed E-state index contributed by atoms with van der Waals surface area (Å²) in [5.41, 5.74) is 6.26. The van der Waals surface area contributed by atoms with Crippen molar-refractivity contribution in [2.45, 2.75) is 60.2 Å². The smallest absolute Gasteiger partial charge is 0.0689 e. The van der Waals surface area contributed by atoms with E-state index in [1.54, 1.807) is 0 Å². The minimum Gasteiger partial charge on any atom is -0.396 e. The number of aryl methyl sites for hydroxylation is 3. The first kappa shape index (κ1) is 34.7. The van der Waals surface area contributed by atoms with E-state index in [0.717, 1.165) is 0 Å². The third-order valence-electron chi connectivity index (χ3n) is 6.16. The van der Waals surface area contributed by atoms with Gasteiger partial charge in [0.2, 0.25) is 0 Å². The van der Waals surface area contributed by atoms with Crippen LogP contribution in [0.1, 0.15) is 50.1 Å². The lowest BCUT2D eigenvalue weighted by molar-refractivity contribution is 0.230. The van der Waals surface area contributed by atoms with Crippen molar-refractivity contribution in [2.24, 2.45) is 0 Å². The molecule has 0 fully saturated rings. The molecule has 0 radical (unpaired) electrons. The highest BCUT2D eigenvalue weighted by molar-refractivity contribution is 5.51. The third kappa shape index (κ3) is 11.8. The maximum absolute atomic E-state index is 9.44. The van der Waals surface area contributed by atoms with Gasteiger partial charge in [-0.15, -0.1) is 0 Å². The Morgan fingerprint density at radius 1 is 0.350 bits per heavy atom. The highest BCUT2D eigenvalue weighted by Gasteiger charge is 2.21. The van der Waals surface area contributed by atoms with Crippen molar-refractivity contribution in [1.82, 2.24) is 0 Å². The Morgan fingerprint density at radius 3 is 0.725 bits per heavy atom. The van der Waals surface area contributed by atoms with Crippen LogP contribution in [0.3, 0.4) is 0 Å². The summed E-state index contributed by atoms with van der Waals surface area (Å²) in [6, 6.07) is 30.8. The van der Waals surface area contributed by atoms with Crippen LogP contribution in [0.25, 0.3) is 0 Å². The highest BCUT2D eigenvalue weighted by atomic mass is 16.3. The van der Waals surface area contributed by atoms with E-state index in [4.69, 9.17) is 5.11 Å². The minimum absolute atomic E-state index is 0.186. The van der Waals surface area contributed by atoms with Crippen molar-refractivity contribution in [3.63, 3.8) is 0 Å². The summed E-state index contributed by atoms with van der Waals surface area (Å²) in [4.78, 5) is 0. The molecule has 0 aliphatic rings. The van der Waals surface area contributed by atoms with Crippen LogP contribution in [0.4, 0.5) is 0 Å². The van der Waals surface area contributed by atoms with Crippen LogP contribution in [0.15, 0.2) is 91.0 Å². The van der Waals surface area contributed by atoms with Crippen LogP contribution < -0.4 is 0 Å². The molecule has 0 aliphatic heterocycles. The second-order valence-corrected chi connectivity index (χ2v) is 9.10. The third-order valence-corrected chi connectivity index (χ3v) is 6.16. The molecule has 4 aromatic carbocycles. The van der Waals surface area contributed by atoms with Crippen LogP contribution >= 0.6 is 0 Å². The van der Waals surface area contributed by atoms with Gasteiger partial charge < -0.3 is 30.6 Å². The molecule has 4 rings (SSSR count). The van der Waals surface area contributed by atoms with Gasteiger partial charge in [0.25, 0.3) is 0 Å². The van der Waals surface area contributed by atoms with Gasteiger partial charge in [0, 0.05) is 6.61 Å². The molecule has 0 aliphatic carbocycles. The molecule has 0 unspecified atom stereocenters. The molecule has 0 amide bonds. The summed E-state index contributed by atoms with van der Waals surface area (Å²) in [7, 11) is 0. The fourth-order valence-electron chi connectivity index (χ4n) is 4.06. The summed E-state index contributed by atoms with van der Waals surface area (Å²) in [5, 5.41) is 56.2. The van der Waals surface area contributed by atoms with E-state index < -0.39 is 19.8 Å². The first-order chi connectivity index (χ1) is 19.4. The summed E-state index contributed by atoms with van der Waals surface area (Å²) in [6.45, 7) is 4.10. The van der Waals surface area contributed by atoms with Gasteiger partial charge >= 0.3 is 0 Å². The molecule has 216 valence electrons. The Kier molecular flexibility index (Phi) is 17.8. The molecule has 0 heterocycles. The fraction of sp³-hybridized carbons (Fsp3) is 0.294. The minimum atomic E-state index is -0.412. The van der Waals surface area contributed by atoms with Gasteiger partial charge in [-0.1, -0.05) is 108 Å². The average molecular weight is 549 g/mol. The van der Waals surface area contributed by atoms with Gasteiger partial charge in [0.05, 0.1) is 33.0 Å². The highest BCUT2D eigenvalue weighted by Crippen LogP contribution is 2.30. The zero-order valence-corrected chi connectivity index (χ0v) is 23.8. The zero-order chi connectivity index (χ0) is 29.8. The van der Waals surface area contributed by atoms with Crippen LogP contribution in [-0.4, -0.2) is 37.2 Å². The molecule has 0 bridgehead atoms. The Morgan fingerprint density at radius 2 is 0.575 bits per heavy atom. The van der Waals surface area contributed by atoms with Crippen molar-refractivity contribution < 1.29 is 30.6 Å². The molecule has 40 heavy (non-hydrogen) atoms. The predicted octanol–water partition coefficient (Wildman–Crippen LogP) is 4.67. The van der Waals surface area contributed by atoms with Gasteiger partial charge in [-0.3, -0.25) is 0 Å². The van der Waals surface area contributed by atoms with Crippen molar-refractivity contribution in [3.05, 3.63) is 141 Å². The van der Waals surface area contributed by atoms with E-state index >= 15 is 0 Å². The van der Waals surface area contributed by atoms with E-state index in [0.29, 0.717) is 33.4 Å². The molecule has 0 saturated heterocycles. The second-order valence-electron chi connectivity index (χ2n) is 9.10. The van der Waals surface area contributed by atoms with Gasteiger partial charge in [-0.25, -0.2) is 0 Å². The number of aliphatic hydroxyl groups is 6. The van der Waals surface area contributed by atoms with Crippen LogP contribution in [0.2, 0.25) is 0 Å². The monoisotopic (exact) mass is 548 g/mol. The van der Waals surface area contributed by atoms with Crippen molar-refractivity contribution >= 4 is 0 Å². The lowest BCUT2D eigenvalue weighted by Gasteiger charge is -2.22. The Bertz CT molecular complexity index is 1070. The SMILES string of the molecule is Cc1ccccc1.Cc1ccccc1.Cc1ccccc1.OCCc1c(CO)c(CO)c(CO)c(CO)c1CO. The number of aliphatic hydroxyl groups excluding tert-OH is 6. The van der Waals surface area contributed by atoms with Crippen molar-refractivity contribution in [1.29, 1.82) is 0 Å². The molecule has 0 aromatic heterocycles. The zero-order valence-electron chi connectivity index (χ0n) is 23.8. The quantitative estimate of drug-likeness (QED) is 0.200. The van der Waals surface area contributed by atoms with Crippen LogP contribution in [0.5, 0.6) is 0 Å². The molecule has 0 spiro atoms. The topological polar surface area (TPSA) is 121 Å². The van der Waals surface area contributed by atoms with E-state index in [1.807, 2.05) is 54.6 Å². The lowest BCUT2D eigenvalue weighted by atomic mass is 9.86. The molecular formula is C34H44O6. The van der Waals surface area contributed by atoms with Crippen LogP contribution in [0, 0.1) is 20.8 Å². The normalized spacial score (nSPS) is 9.82. The molecular weight excluding hydrogens is 504 g/mol. The first-order valence-corrected chi connectivity index (χ1v) is 13.3. The Hall–Kier alpha value is -3.36. The summed E-state index contributed by atoms with van der Waals surface area (Å²) < 4.78 is 0. The van der Waals surface area contributed by atoms with Crippen molar-refractivity contribution in [3.8, 4) is 0 Å². The van der Waals surface area contributed by atoms with Gasteiger partial charge in [-0.2, -0.15) is 0 Å². The van der Waals surface area contributed by atoms with Crippen molar-refractivity contribution in [2.75, 3.05) is 6.61 Å². The van der Waals surface area contributed by atoms with E-state index in [1.165, 1.54) is 16.7 Å². The second kappa shape index (κ2) is 20.5. The largest absolute Gasteiger partial charge is 0.396 e. The number of benzene rings is 4. The summed E-state index contributed by atoms with van der Waals surface area (Å²) in [5.74, 6) is 0. The standard InChI is InChI=1S/C13H20O6.3C7H8/c14-2-1-8-9(3-15)11(5-17)13(7-19)12(6-18)10(8)4-16;3*1-7-5-3-2-4-6-7/h14-19H,1-7H2;3*2-6H,1H3. The summed E-state index contributed by atoms with van der Waals surface area (Å²) in [6.07, 6.45) is 0.192. The van der Waals surface area contributed by atoms with Gasteiger partial charge in [-0.05, 0) is 60.6 Å². The molecule has 4 aromatic rings. The molecule has 6 heteroatoms. The maximum Gasteiger partial charge on any atom is 0.0689 e. The Balaban J connectivity index is 0.000000308. The lowest BCUT2D eigenvalue weighted by Crippen LogP contribution is -2.15. The average Bonchev–Trinajstić information content (AvgIpc) is 2.98. The Labute approximate surface area is 238 Å². The molecule has 0 saturated carbocycles.